The number of hydrogen-bond acceptors (Lipinski definition) is 3. The van der Waals surface area contributed by atoms with E-state index in [2.05, 4.69) is 0 Å². The van der Waals surface area contributed by atoms with Crippen molar-refractivity contribution >= 4 is 17.7 Å². The number of rotatable bonds is 3. The lowest BCUT2D eigenvalue weighted by atomic mass is 10.3. The van der Waals surface area contributed by atoms with E-state index in [-0.39, 0.29) is 5.75 Å². The summed E-state index contributed by atoms with van der Waals surface area (Å²) in [5.74, 6) is -1.81. The summed E-state index contributed by atoms with van der Waals surface area (Å²) in [6, 6.07) is 6.03. The predicted octanol–water partition coefficient (Wildman–Crippen LogP) is 0.668. The van der Waals surface area contributed by atoms with E-state index in [1.54, 1.807) is 12.1 Å². The van der Waals surface area contributed by atoms with Gasteiger partial charge in [-0.1, -0.05) is 12.1 Å². The second kappa shape index (κ2) is 4.11. The quantitative estimate of drug-likeness (QED) is 0.650. The van der Waals surface area contributed by atoms with Crippen LogP contribution in [0.15, 0.2) is 29.2 Å². The highest BCUT2D eigenvalue weighted by Crippen LogP contribution is 2.20. The van der Waals surface area contributed by atoms with Gasteiger partial charge >= 0.3 is 0 Å². The maximum absolute atomic E-state index is 12.8. The first-order chi connectivity index (χ1) is 5.70. The molecule has 0 radical (unpaired) electrons. The Morgan fingerprint density at radius 3 is 2.75 bits per heavy atom. The van der Waals surface area contributed by atoms with Gasteiger partial charge in [0.1, 0.15) is 5.82 Å². The van der Waals surface area contributed by atoms with Crippen molar-refractivity contribution in [2.24, 2.45) is 0 Å². The molecule has 0 aliphatic rings. The van der Waals surface area contributed by atoms with Crippen molar-refractivity contribution in [2.45, 2.75) is 4.90 Å². The van der Waals surface area contributed by atoms with Gasteiger partial charge in [-0.3, -0.25) is 0 Å². The Labute approximate surface area is 73.4 Å². The van der Waals surface area contributed by atoms with Gasteiger partial charge in [-0.05, 0) is 12.1 Å². The van der Waals surface area contributed by atoms with Gasteiger partial charge in [0.15, 0.2) is 0 Å². The molecule has 0 aromatic heterocycles. The normalized spacial score (nSPS) is 9.75. The van der Waals surface area contributed by atoms with E-state index in [0.29, 0.717) is 4.90 Å². The van der Waals surface area contributed by atoms with Crippen LogP contribution in [0.1, 0.15) is 0 Å². The molecule has 0 N–H and O–H groups in total. The van der Waals surface area contributed by atoms with E-state index in [9.17, 15) is 14.3 Å². The van der Waals surface area contributed by atoms with Gasteiger partial charge < -0.3 is 9.90 Å². The molecule has 1 rings (SSSR count). The molecule has 0 aliphatic carbocycles. The lowest BCUT2D eigenvalue weighted by Crippen LogP contribution is -2.24. The Kier molecular flexibility index (Phi) is 3.10. The number of benzene rings is 1. The standard InChI is InChI=1S/C8H7FO2S/c9-6-3-1-2-4-7(6)12-5-8(10)11/h1-4H,5H2,(H,10,11)/p-1. The van der Waals surface area contributed by atoms with Gasteiger partial charge in [0.05, 0.1) is 5.97 Å². The minimum atomic E-state index is -1.19. The van der Waals surface area contributed by atoms with Crippen molar-refractivity contribution in [3.05, 3.63) is 30.1 Å². The number of carboxylic acids is 1. The Balaban J connectivity index is 2.63. The largest absolute Gasteiger partial charge is 0.549 e. The molecule has 4 heteroatoms. The summed E-state index contributed by atoms with van der Waals surface area (Å²) in [4.78, 5) is 10.4. The van der Waals surface area contributed by atoms with E-state index in [4.69, 9.17) is 0 Å². The molecular formula is C8H6FO2S-. The van der Waals surface area contributed by atoms with E-state index >= 15 is 0 Å². The maximum Gasteiger partial charge on any atom is 0.136 e. The number of carbonyl (C=O) groups excluding carboxylic acids is 1. The van der Waals surface area contributed by atoms with Gasteiger partial charge in [-0.15, -0.1) is 11.8 Å². The number of carboxylic acid groups (broad SMARTS) is 1. The zero-order valence-electron chi connectivity index (χ0n) is 6.12. The first-order valence-electron chi connectivity index (χ1n) is 3.27. The topological polar surface area (TPSA) is 40.1 Å². The molecule has 0 fully saturated rings. The van der Waals surface area contributed by atoms with Crippen molar-refractivity contribution in [1.82, 2.24) is 0 Å². The molecule has 0 saturated heterocycles. The molecule has 0 unspecified atom stereocenters. The smallest absolute Gasteiger partial charge is 0.136 e. The molecule has 0 atom stereocenters. The van der Waals surface area contributed by atoms with Crippen molar-refractivity contribution in [3.63, 3.8) is 0 Å². The van der Waals surface area contributed by atoms with Crippen LogP contribution >= 0.6 is 11.8 Å². The Bertz CT molecular complexity index is 288. The Morgan fingerprint density at radius 2 is 2.17 bits per heavy atom. The third kappa shape index (κ3) is 2.54. The SMILES string of the molecule is O=C([O-])CSc1ccccc1F. The van der Waals surface area contributed by atoms with Gasteiger partial charge in [0.25, 0.3) is 0 Å². The van der Waals surface area contributed by atoms with Crippen LogP contribution in [0, 0.1) is 5.82 Å². The van der Waals surface area contributed by atoms with Gasteiger partial charge in [-0.2, -0.15) is 0 Å². The number of aliphatic carboxylic acids is 1. The highest BCUT2D eigenvalue weighted by Gasteiger charge is 1.99. The molecule has 0 spiro atoms. The van der Waals surface area contributed by atoms with Gasteiger partial charge in [-0.25, -0.2) is 4.39 Å². The molecule has 64 valence electrons. The number of hydrogen-bond donors (Lipinski definition) is 0. The summed E-state index contributed by atoms with van der Waals surface area (Å²) in [7, 11) is 0. The summed E-state index contributed by atoms with van der Waals surface area (Å²) in [6.45, 7) is 0. The van der Waals surface area contributed by atoms with Crippen molar-refractivity contribution in [2.75, 3.05) is 5.75 Å². The second-order valence-electron chi connectivity index (χ2n) is 2.09. The van der Waals surface area contributed by atoms with E-state index in [1.807, 2.05) is 0 Å². The highest BCUT2D eigenvalue weighted by atomic mass is 32.2. The maximum atomic E-state index is 12.8. The molecule has 2 nitrogen and oxygen atoms in total. The number of carbonyl (C=O) groups is 1. The zero-order chi connectivity index (χ0) is 8.97. The molecular weight excluding hydrogens is 179 g/mol. The van der Waals surface area contributed by atoms with Crippen LogP contribution in [0.5, 0.6) is 0 Å². The van der Waals surface area contributed by atoms with Gasteiger partial charge in [0, 0.05) is 10.6 Å². The summed E-state index contributed by atoms with van der Waals surface area (Å²) in [5.41, 5.74) is 0. The molecule has 0 heterocycles. The first-order valence-corrected chi connectivity index (χ1v) is 4.26. The molecule has 0 amide bonds. The van der Waals surface area contributed by atoms with E-state index < -0.39 is 11.8 Å². The van der Waals surface area contributed by atoms with Crippen LogP contribution in [-0.4, -0.2) is 11.7 Å². The molecule has 12 heavy (non-hydrogen) atoms. The molecule has 0 bridgehead atoms. The minimum absolute atomic E-state index is 0.221. The fourth-order valence-electron chi connectivity index (χ4n) is 0.698. The van der Waals surface area contributed by atoms with E-state index in [0.717, 1.165) is 11.8 Å². The van der Waals surface area contributed by atoms with Gasteiger partial charge in [0.2, 0.25) is 0 Å². The van der Waals surface area contributed by atoms with Crippen LogP contribution in [-0.2, 0) is 4.79 Å². The monoisotopic (exact) mass is 185 g/mol. The molecule has 0 aliphatic heterocycles. The van der Waals surface area contributed by atoms with Crippen molar-refractivity contribution in [1.29, 1.82) is 0 Å². The molecule has 1 aromatic rings. The van der Waals surface area contributed by atoms with Crippen molar-refractivity contribution in [3.8, 4) is 0 Å². The van der Waals surface area contributed by atoms with Crippen LogP contribution in [0.25, 0.3) is 0 Å². The molecule has 1 aromatic carbocycles. The highest BCUT2D eigenvalue weighted by molar-refractivity contribution is 8.00. The Hall–Kier alpha value is -1.03. The third-order valence-electron chi connectivity index (χ3n) is 1.18. The third-order valence-corrected chi connectivity index (χ3v) is 2.20. The first kappa shape index (κ1) is 9.06. The average Bonchev–Trinajstić information content (AvgIpc) is 2.03. The second-order valence-corrected chi connectivity index (χ2v) is 3.11. The lowest BCUT2D eigenvalue weighted by molar-refractivity contribution is -0.301. The Morgan fingerprint density at radius 1 is 1.50 bits per heavy atom. The average molecular weight is 185 g/mol. The van der Waals surface area contributed by atoms with Crippen LogP contribution < -0.4 is 5.11 Å². The fourth-order valence-corrected chi connectivity index (χ4v) is 1.35. The predicted molar refractivity (Wildman–Crippen MR) is 42.1 cm³/mol. The minimum Gasteiger partial charge on any atom is -0.549 e. The van der Waals surface area contributed by atoms with Crippen LogP contribution in [0.2, 0.25) is 0 Å². The summed E-state index contributed by atoms with van der Waals surface area (Å²) < 4.78 is 12.8. The van der Waals surface area contributed by atoms with Crippen molar-refractivity contribution < 1.29 is 14.3 Å². The van der Waals surface area contributed by atoms with E-state index in [1.165, 1.54) is 12.1 Å². The summed E-state index contributed by atoms with van der Waals surface area (Å²) >= 11 is 0.918. The summed E-state index contributed by atoms with van der Waals surface area (Å²) in [5, 5.41) is 10.0. The zero-order valence-corrected chi connectivity index (χ0v) is 6.94. The summed E-state index contributed by atoms with van der Waals surface area (Å²) in [6.07, 6.45) is 0. The molecule has 0 saturated carbocycles. The number of halogens is 1. The van der Waals surface area contributed by atoms with Crippen LogP contribution in [0.3, 0.4) is 0 Å². The fraction of sp³-hybridized carbons (Fsp3) is 0.125. The lowest BCUT2D eigenvalue weighted by Gasteiger charge is -2.02. The van der Waals surface area contributed by atoms with Crippen LogP contribution in [0.4, 0.5) is 4.39 Å². The number of thioether (sulfide) groups is 1.